The Morgan fingerprint density at radius 1 is 1.26 bits per heavy atom. The summed E-state index contributed by atoms with van der Waals surface area (Å²) in [6, 6.07) is 9.09. The SMILES string of the molecule is Cn1c(SCC(=O)Nc2ccc([N+](=O)[O-])cc2C(F)(F)F)nnc1-c1ccccc1Cl. The van der Waals surface area contributed by atoms with E-state index in [1.807, 2.05) is 0 Å². The number of aromatic nitrogens is 3. The molecule has 0 atom stereocenters. The van der Waals surface area contributed by atoms with E-state index in [1.54, 1.807) is 35.9 Å². The lowest BCUT2D eigenvalue weighted by Gasteiger charge is -2.13. The van der Waals surface area contributed by atoms with Crippen LogP contribution in [0.5, 0.6) is 0 Å². The van der Waals surface area contributed by atoms with Crippen LogP contribution in [0.3, 0.4) is 0 Å². The summed E-state index contributed by atoms with van der Waals surface area (Å²) in [6.07, 6.45) is -4.88. The summed E-state index contributed by atoms with van der Waals surface area (Å²) in [5.74, 6) is -0.544. The van der Waals surface area contributed by atoms with E-state index in [2.05, 4.69) is 15.5 Å². The van der Waals surface area contributed by atoms with Gasteiger partial charge in [0, 0.05) is 24.7 Å². The van der Waals surface area contributed by atoms with Crippen molar-refractivity contribution >= 4 is 40.6 Å². The van der Waals surface area contributed by atoms with Crippen LogP contribution in [-0.4, -0.2) is 31.3 Å². The van der Waals surface area contributed by atoms with Crippen LogP contribution in [0.15, 0.2) is 47.6 Å². The molecule has 13 heteroatoms. The Labute approximate surface area is 182 Å². The number of alkyl halides is 3. The smallest absolute Gasteiger partial charge is 0.325 e. The highest BCUT2D eigenvalue weighted by atomic mass is 35.5. The lowest BCUT2D eigenvalue weighted by Crippen LogP contribution is -2.18. The standard InChI is InChI=1S/C18H13ClF3N5O3S/c1-26-16(11-4-2-3-5-13(11)19)24-25-17(26)31-9-15(28)23-14-7-6-10(27(29)30)8-12(14)18(20,21)22/h2-8H,9H2,1H3,(H,23,28). The van der Waals surface area contributed by atoms with Gasteiger partial charge in [-0.3, -0.25) is 14.9 Å². The van der Waals surface area contributed by atoms with Crippen LogP contribution in [0.25, 0.3) is 11.4 Å². The van der Waals surface area contributed by atoms with Gasteiger partial charge in [0.15, 0.2) is 11.0 Å². The number of nitro benzene ring substituents is 1. The predicted octanol–water partition coefficient (Wildman–Crippen LogP) is 4.79. The molecule has 31 heavy (non-hydrogen) atoms. The maximum Gasteiger partial charge on any atom is 0.418 e. The van der Waals surface area contributed by atoms with E-state index < -0.39 is 33.9 Å². The molecule has 0 spiro atoms. The summed E-state index contributed by atoms with van der Waals surface area (Å²) < 4.78 is 41.3. The number of hydrogen-bond donors (Lipinski definition) is 1. The number of thioether (sulfide) groups is 1. The van der Waals surface area contributed by atoms with E-state index in [4.69, 9.17) is 11.6 Å². The van der Waals surface area contributed by atoms with Crippen LogP contribution in [0.1, 0.15) is 5.56 Å². The Kier molecular flexibility index (Phi) is 6.51. The molecule has 1 aromatic heterocycles. The average molecular weight is 472 g/mol. The first-order valence-corrected chi connectivity index (χ1v) is 9.87. The highest BCUT2D eigenvalue weighted by Gasteiger charge is 2.35. The highest BCUT2D eigenvalue weighted by molar-refractivity contribution is 7.99. The minimum Gasteiger partial charge on any atom is -0.325 e. The Bertz CT molecular complexity index is 1150. The van der Waals surface area contributed by atoms with Crippen molar-refractivity contribution < 1.29 is 22.9 Å². The summed E-state index contributed by atoms with van der Waals surface area (Å²) in [4.78, 5) is 22.0. The molecule has 3 aromatic rings. The number of anilines is 1. The molecule has 1 N–H and O–H groups in total. The second-order valence-electron chi connectivity index (χ2n) is 6.17. The minimum absolute atomic E-state index is 0.261. The van der Waals surface area contributed by atoms with E-state index in [9.17, 15) is 28.1 Å². The monoisotopic (exact) mass is 471 g/mol. The van der Waals surface area contributed by atoms with E-state index in [0.717, 1.165) is 23.9 Å². The Morgan fingerprint density at radius 3 is 2.61 bits per heavy atom. The number of nitrogens with one attached hydrogen (secondary N) is 1. The van der Waals surface area contributed by atoms with Crippen molar-refractivity contribution in [3.05, 3.63) is 63.2 Å². The van der Waals surface area contributed by atoms with Gasteiger partial charge in [-0.05, 0) is 18.2 Å². The fourth-order valence-corrected chi connectivity index (χ4v) is 3.55. The van der Waals surface area contributed by atoms with Crippen molar-refractivity contribution in [3.8, 4) is 11.4 Å². The Morgan fingerprint density at radius 2 is 1.97 bits per heavy atom. The summed E-state index contributed by atoms with van der Waals surface area (Å²) in [5.41, 5.74) is -1.97. The first-order valence-electron chi connectivity index (χ1n) is 8.50. The number of non-ortho nitro benzene ring substituents is 1. The van der Waals surface area contributed by atoms with Gasteiger partial charge < -0.3 is 9.88 Å². The molecule has 0 aliphatic rings. The molecule has 1 heterocycles. The zero-order valence-corrected chi connectivity index (χ0v) is 17.3. The van der Waals surface area contributed by atoms with Crippen LogP contribution in [0, 0.1) is 10.1 Å². The van der Waals surface area contributed by atoms with Crippen LogP contribution in [-0.2, 0) is 18.0 Å². The predicted molar refractivity (Wildman–Crippen MR) is 109 cm³/mol. The number of nitro groups is 1. The molecule has 0 saturated heterocycles. The van der Waals surface area contributed by atoms with Gasteiger partial charge >= 0.3 is 6.18 Å². The molecule has 0 unspecified atom stereocenters. The van der Waals surface area contributed by atoms with Crippen molar-refractivity contribution in [3.63, 3.8) is 0 Å². The molecular formula is C18H13ClF3N5O3S. The average Bonchev–Trinajstić information content (AvgIpc) is 3.06. The molecule has 8 nitrogen and oxygen atoms in total. The van der Waals surface area contributed by atoms with Gasteiger partial charge in [-0.15, -0.1) is 10.2 Å². The first-order chi connectivity index (χ1) is 14.6. The zero-order valence-electron chi connectivity index (χ0n) is 15.7. The Balaban J connectivity index is 1.73. The normalized spacial score (nSPS) is 11.4. The van der Waals surface area contributed by atoms with Gasteiger partial charge in [-0.25, -0.2) is 0 Å². The molecular weight excluding hydrogens is 459 g/mol. The molecule has 1 amide bonds. The molecule has 0 fully saturated rings. The number of halogens is 4. The number of carbonyl (C=O) groups is 1. The topological polar surface area (TPSA) is 103 Å². The number of benzene rings is 2. The van der Waals surface area contributed by atoms with E-state index in [1.165, 1.54) is 0 Å². The molecule has 3 rings (SSSR count). The van der Waals surface area contributed by atoms with Gasteiger partial charge in [0.2, 0.25) is 5.91 Å². The summed E-state index contributed by atoms with van der Waals surface area (Å²) >= 11 is 7.12. The van der Waals surface area contributed by atoms with Crippen LogP contribution >= 0.6 is 23.4 Å². The van der Waals surface area contributed by atoms with Crippen molar-refractivity contribution in [2.24, 2.45) is 7.05 Å². The lowest BCUT2D eigenvalue weighted by molar-refractivity contribution is -0.385. The number of carbonyl (C=O) groups excluding carboxylic acids is 1. The third kappa shape index (κ3) is 5.14. The quantitative estimate of drug-likeness (QED) is 0.315. The largest absolute Gasteiger partial charge is 0.418 e. The van der Waals surface area contributed by atoms with Gasteiger partial charge in [0.1, 0.15) is 0 Å². The van der Waals surface area contributed by atoms with Gasteiger partial charge in [0.05, 0.1) is 26.9 Å². The molecule has 162 valence electrons. The van der Waals surface area contributed by atoms with Crippen molar-refractivity contribution in [1.82, 2.24) is 14.8 Å². The number of rotatable bonds is 6. The maximum atomic E-state index is 13.2. The lowest BCUT2D eigenvalue weighted by atomic mass is 10.1. The molecule has 0 bridgehead atoms. The van der Waals surface area contributed by atoms with Gasteiger partial charge in [0.25, 0.3) is 5.69 Å². The summed E-state index contributed by atoms with van der Waals surface area (Å²) in [7, 11) is 1.66. The van der Waals surface area contributed by atoms with Crippen molar-refractivity contribution in [1.29, 1.82) is 0 Å². The molecule has 0 saturated carbocycles. The number of hydrogen-bond acceptors (Lipinski definition) is 6. The Hall–Kier alpha value is -3.12. The van der Waals surface area contributed by atoms with Gasteiger partial charge in [-0.1, -0.05) is 35.5 Å². The highest BCUT2D eigenvalue weighted by Crippen LogP contribution is 2.37. The first kappa shape index (κ1) is 22.6. The second kappa shape index (κ2) is 8.94. The second-order valence-corrected chi connectivity index (χ2v) is 7.52. The molecule has 0 aliphatic carbocycles. The summed E-state index contributed by atoms with van der Waals surface area (Å²) in [6.45, 7) is 0. The van der Waals surface area contributed by atoms with Crippen LogP contribution in [0.4, 0.5) is 24.5 Å². The number of amides is 1. The molecule has 2 aromatic carbocycles. The van der Waals surface area contributed by atoms with Crippen LogP contribution < -0.4 is 5.32 Å². The van der Waals surface area contributed by atoms with Gasteiger partial charge in [-0.2, -0.15) is 13.2 Å². The van der Waals surface area contributed by atoms with Crippen molar-refractivity contribution in [2.75, 3.05) is 11.1 Å². The summed E-state index contributed by atoms with van der Waals surface area (Å²) in [5, 5.41) is 21.7. The third-order valence-corrected chi connectivity index (χ3v) is 5.43. The van der Waals surface area contributed by atoms with Crippen molar-refractivity contribution in [2.45, 2.75) is 11.3 Å². The zero-order chi connectivity index (χ0) is 22.8. The van der Waals surface area contributed by atoms with E-state index in [-0.39, 0.29) is 5.75 Å². The molecule has 0 aliphatic heterocycles. The molecule has 0 radical (unpaired) electrons. The fraction of sp³-hybridized carbons (Fsp3) is 0.167. The number of nitrogens with zero attached hydrogens (tertiary/aromatic N) is 4. The van der Waals surface area contributed by atoms with Crippen LogP contribution in [0.2, 0.25) is 5.02 Å². The fourth-order valence-electron chi connectivity index (χ4n) is 2.62. The maximum absolute atomic E-state index is 13.2. The minimum atomic E-state index is -4.88. The van der Waals surface area contributed by atoms with E-state index in [0.29, 0.717) is 27.6 Å². The van der Waals surface area contributed by atoms with E-state index >= 15 is 0 Å². The third-order valence-electron chi connectivity index (χ3n) is 4.08.